The molecular formula is C33H29FN4O2. The van der Waals surface area contributed by atoms with Crippen molar-refractivity contribution < 1.29 is 14.0 Å². The van der Waals surface area contributed by atoms with Crippen molar-refractivity contribution in [1.82, 2.24) is 14.5 Å². The Hall–Kier alpha value is -5.04. The molecule has 1 heterocycles. The van der Waals surface area contributed by atoms with Crippen LogP contribution >= 0.6 is 0 Å². The van der Waals surface area contributed by atoms with Crippen molar-refractivity contribution >= 4 is 17.8 Å². The van der Waals surface area contributed by atoms with Gasteiger partial charge in [0.15, 0.2) is 0 Å². The number of carbonyl (C=O) groups is 2. The molecule has 0 bridgehead atoms. The summed E-state index contributed by atoms with van der Waals surface area (Å²) < 4.78 is 16.1. The number of anilines is 1. The molecule has 40 heavy (non-hydrogen) atoms. The van der Waals surface area contributed by atoms with Crippen LogP contribution in [-0.2, 0) is 22.6 Å². The summed E-state index contributed by atoms with van der Waals surface area (Å²) in [5.41, 5.74) is 4.31. The lowest BCUT2D eigenvalue weighted by atomic mass is 10.1. The van der Waals surface area contributed by atoms with Crippen LogP contribution in [0.2, 0.25) is 0 Å². The first kappa shape index (κ1) is 26.6. The monoisotopic (exact) mass is 532 g/mol. The number of hydrogen-bond acceptors (Lipinski definition) is 3. The molecule has 0 atom stereocenters. The van der Waals surface area contributed by atoms with Crippen molar-refractivity contribution in [3.8, 4) is 16.9 Å². The average molecular weight is 533 g/mol. The first-order valence-electron chi connectivity index (χ1n) is 13.0. The normalized spacial score (nSPS) is 10.8. The number of hydrogen-bond donors (Lipinski definition) is 1. The molecule has 2 amide bonds. The largest absolute Gasteiger partial charge is 0.329 e. The fraction of sp³-hybridized carbons (Fsp3) is 0.121. The van der Waals surface area contributed by atoms with E-state index in [0.29, 0.717) is 16.9 Å². The lowest BCUT2D eigenvalue weighted by molar-refractivity contribution is -0.134. The Balaban J connectivity index is 1.42. The summed E-state index contributed by atoms with van der Waals surface area (Å²) >= 11 is 0. The SMILES string of the molecule is Cc1ccc(-n2cc(-c3ccccc3)nc2NC(=O)CN(Cc2ccccc2)C(=O)Cc2ccccc2)cc1F. The number of amides is 2. The summed E-state index contributed by atoms with van der Waals surface area (Å²) in [5.74, 6) is -0.692. The Bertz CT molecular complexity index is 1600. The summed E-state index contributed by atoms with van der Waals surface area (Å²) in [5, 5.41) is 2.86. The maximum atomic E-state index is 14.5. The Morgan fingerprint density at radius 1 is 0.850 bits per heavy atom. The molecule has 4 aromatic carbocycles. The highest BCUT2D eigenvalue weighted by Gasteiger charge is 2.21. The number of nitrogens with zero attached hydrogens (tertiary/aromatic N) is 3. The second-order valence-electron chi connectivity index (χ2n) is 9.57. The molecule has 0 spiro atoms. The van der Waals surface area contributed by atoms with E-state index in [4.69, 9.17) is 0 Å². The van der Waals surface area contributed by atoms with Crippen LogP contribution in [0.3, 0.4) is 0 Å². The number of rotatable bonds is 9. The van der Waals surface area contributed by atoms with Crippen LogP contribution in [0, 0.1) is 12.7 Å². The molecule has 5 aromatic rings. The molecule has 0 aliphatic rings. The highest BCUT2D eigenvalue weighted by atomic mass is 19.1. The van der Waals surface area contributed by atoms with Gasteiger partial charge < -0.3 is 4.90 Å². The van der Waals surface area contributed by atoms with Gasteiger partial charge in [-0.3, -0.25) is 19.5 Å². The second-order valence-corrected chi connectivity index (χ2v) is 9.57. The van der Waals surface area contributed by atoms with E-state index in [1.807, 2.05) is 91.0 Å². The minimum atomic E-state index is -0.406. The molecule has 0 unspecified atom stereocenters. The van der Waals surface area contributed by atoms with Gasteiger partial charge in [-0.1, -0.05) is 97.1 Å². The summed E-state index contributed by atoms with van der Waals surface area (Å²) in [4.78, 5) is 32.9. The predicted molar refractivity (Wildman–Crippen MR) is 154 cm³/mol. The molecule has 6 nitrogen and oxygen atoms in total. The number of benzene rings is 4. The quantitative estimate of drug-likeness (QED) is 0.246. The van der Waals surface area contributed by atoms with Crippen molar-refractivity contribution in [2.75, 3.05) is 11.9 Å². The van der Waals surface area contributed by atoms with Gasteiger partial charge in [0.05, 0.1) is 17.8 Å². The minimum Gasteiger partial charge on any atom is -0.329 e. The van der Waals surface area contributed by atoms with Gasteiger partial charge in [-0.15, -0.1) is 0 Å². The molecule has 1 N–H and O–H groups in total. The Morgan fingerprint density at radius 3 is 2.12 bits per heavy atom. The van der Waals surface area contributed by atoms with E-state index >= 15 is 0 Å². The van der Waals surface area contributed by atoms with Gasteiger partial charge in [-0.05, 0) is 35.7 Å². The lowest BCUT2D eigenvalue weighted by Gasteiger charge is -2.22. The smallest absolute Gasteiger partial charge is 0.246 e. The van der Waals surface area contributed by atoms with Crippen LogP contribution in [-0.4, -0.2) is 32.8 Å². The number of carbonyl (C=O) groups excluding carboxylic acids is 2. The minimum absolute atomic E-state index is 0.167. The Kier molecular flexibility index (Phi) is 8.11. The average Bonchev–Trinajstić information content (AvgIpc) is 3.39. The highest BCUT2D eigenvalue weighted by Crippen LogP contribution is 2.25. The number of aryl methyl sites for hydroxylation is 1. The fourth-order valence-electron chi connectivity index (χ4n) is 4.40. The van der Waals surface area contributed by atoms with E-state index < -0.39 is 5.91 Å². The van der Waals surface area contributed by atoms with Crippen LogP contribution in [0.4, 0.5) is 10.3 Å². The third kappa shape index (κ3) is 6.50. The van der Waals surface area contributed by atoms with Gasteiger partial charge in [0, 0.05) is 18.3 Å². The molecule has 200 valence electrons. The van der Waals surface area contributed by atoms with Crippen molar-refractivity contribution in [3.63, 3.8) is 0 Å². The van der Waals surface area contributed by atoms with E-state index in [2.05, 4.69) is 10.3 Å². The Morgan fingerprint density at radius 2 is 1.48 bits per heavy atom. The summed E-state index contributed by atoms with van der Waals surface area (Å²) in [6.45, 7) is 1.81. The van der Waals surface area contributed by atoms with E-state index in [1.165, 1.54) is 11.0 Å². The van der Waals surface area contributed by atoms with Crippen molar-refractivity contribution in [1.29, 1.82) is 0 Å². The number of aromatic nitrogens is 2. The standard InChI is InChI=1S/C33H29FN4O2/c1-24-17-18-28(20-29(24)34)38-22-30(27-15-9-4-10-16-27)35-33(38)36-31(39)23-37(21-26-13-7-3-8-14-26)32(40)19-25-11-5-2-6-12-25/h2-18,20,22H,19,21,23H2,1H3,(H,35,36,39). The third-order valence-electron chi connectivity index (χ3n) is 6.56. The van der Waals surface area contributed by atoms with E-state index in [9.17, 15) is 14.0 Å². The maximum Gasteiger partial charge on any atom is 0.246 e. The molecule has 0 radical (unpaired) electrons. The third-order valence-corrected chi connectivity index (χ3v) is 6.56. The van der Waals surface area contributed by atoms with Gasteiger partial charge in [0.2, 0.25) is 17.8 Å². The van der Waals surface area contributed by atoms with Crippen LogP contribution < -0.4 is 5.32 Å². The van der Waals surface area contributed by atoms with Gasteiger partial charge in [-0.2, -0.15) is 0 Å². The fourth-order valence-corrected chi connectivity index (χ4v) is 4.40. The van der Waals surface area contributed by atoms with Gasteiger partial charge in [-0.25, -0.2) is 9.37 Å². The zero-order valence-corrected chi connectivity index (χ0v) is 22.1. The molecule has 1 aromatic heterocycles. The van der Waals surface area contributed by atoms with Crippen LogP contribution in [0.5, 0.6) is 0 Å². The second kappa shape index (κ2) is 12.2. The van der Waals surface area contributed by atoms with Gasteiger partial charge in [0.25, 0.3) is 0 Å². The maximum absolute atomic E-state index is 14.5. The zero-order valence-electron chi connectivity index (χ0n) is 22.1. The first-order valence-corrected chi connectivity index (χ1v) is 13.0. The summed E-state index contributed by atoms with van der Waals surface area (Å²) in [6, 6.07) is 33.4. The molecule has 7 heteroatoms. The number of nitrogens with one attached hydrogen (secondary N) is 1. The molecule has 5 rings (SSSR count). The summed E-state index contributed by atoms with van der Waals surface area (Å²) in [7, 11) is 0. The first-order chi connectivity index (χ1) is 19.5. The van der Waals surface area contributed by atoms with E-state index in [1.54, 1.807) is 29.8 Å². The lowest BCUT2D eigenvalue weighted by Crippen LogP contribution is -2.38. The van der Waals surface area contributed by atoms with Crippen molar-refractivity contribution in [2.24, 2.45) is 0 Å². The number of imidazole rings is 1. The van der Waals surface area contributed by atoms with Crippen molar-refractivity contribution in [3.05, 3.63) is 138 Å². The molecule has 0 aliphatic carbocycles. The van der Waals surface area contributed by atoms with Crippen LogP contribution in [0.1, 0.15) is 16.7 Å². The molecule has 0 saturated heterocycles. The molecule has 0 saturated carbocycles. The van der Waals surface area contributed by atoms with Gasteiger partial charge in [0.1, 0.15) is 12.4 Å². The van der Waals surface area contributed by atoms with Crippen LogP contribution in [0.25, 0.3) is 16.9 Å². The predicted octanol–water partition coefficient (Wildman–Crippen LogP) is 6.20. The topological polar surface area (TPSA) is 67.2 Å². The highest BCUT2D eigenvalue weighted by molar-refractivity contribution is 5.94. The van der Waals surface area contributed by atoms with Crippen LogP contribution in [0.15, 0.2) is 115 Å². The van der Waals surface area contributed by atoms with E-state index in [-0.39, 0.29) is 37.2 Å². The molecule has 0 fully saturated rings. The zero-order chi connectivity index (χ0) is 27.9. The Labute approximate surface area is 232 Å². The number of halogens is 1. The van der Waals surface area contributed by atoms with Gasteiger partial charge >= 0.3 is 0 Å². The van der Waals surface area contributed by atoms with Crippen molar-refractivity contribution in [2.45, 2.75) is 19.9 Å². The molecule has 0 aliphatic heterocycles. The summed E-state index contributed by atoms with van der Waals surface area (Å²) in [6.07, 6.45) is 1.94. The molecular weight excluding hydrogens is 503 g/mol. The van der Waals surface area contributed by atoms with E-state index in [0.717, 1.165) is 16.7 Å².